The Hall–Kier alpha value is -1.10. The molecule has 0 spiro atoms. The van der Waals surface area contributed by atoms with Crippen LogP contribution in [0, 0.1) is 6.92 Å². The molecule has 5 heteroatoms. The zero-order chi connectivity index (χ0) is 13.1. The van der Waals surface area contributed by atoms with Crippen LogP contribution in [0.25, 0.3) is 0 Å². The largest absolute Gasteiger partial charge is 0.486 e. The highest BCUT2D eigenvalue weighted by molar-refractivity contribution is 7.80. The van der Waals surface area contributed by atoms with Crippen LogP contribution in [0.4, 0.5) is 11.4 Å². The zero-order valence-corrected chi connectivity index (χ0v) is 12.4. The van der Waals surface area contributed by atoms with Crippen molar-refractivity contribution in [3.63, 3.8) is 0 Å². The van der Waals surface area contributed by atoms with Crippen molar-refractivity contribution in [3.05, 3.63) is 45.1 Å². The summed E-state index contributed by atoms with van der Waals surface area (Å²) in [6.07, 6.45) is 0. The standard InChI is InChI=1S/C13H12ClNOS2/c1-8-11(7-12(18-8)13(17)16-2)15-10-5-3-9(14)4-6-10/h3-7,15H,1-2H3. The summed E-state index contributed by atoms with van der Waals surface area (Å²) in [5.41, 5.74) is 2.03. The highest BCUT2D eigenvalue weighted by Crippen LogP contribution is 2.30. The fourth-order valence-corrected chi connectivity index (χ4v) is 2.70. The van der Waals surface area contributed by atoms with Gasteiger partial charge >= 0.3 is 0 Å². The van der Waals surface area contributed by atoms with Crippen LogP contribution in [0.1, 0.15) is 9.75 Å². The van der Waals surface area contributed by atoms with Gasteiger partial charge in [-0.15, -0.1) is 11.3 Å². The number of hydrogen-bond donors (Lipinski definition) is 1. The zero-order valence-electron chi connectivity index (χ0n) is 9.99. The van der Waals surface area contributed by atoms with Crippen molar-refractivity contribution in [1.82, 2.24) is 0 Å². The minimum atomic E-state index is 0.521. The van der Waals surface area contributed by atoms with E-state index in [1.54, 1.807) is 18.4 Å². The molecular formula is C13H12ClNOS2. The van der Waals surface area contributed by atoms with Crippen molar-refractivity contribution in [2.24, 2.45) is 0 Å². The molecule has 1 heterocycles. The topological polar surface area (TPSA) is 21.3 Å². The third kappa shape index (κ3) is 3.02. The van der Waals surface area contributed by atoms with Gasteiger partial charge in [-0.1, -0.05) is 11.6 Å². The average Bonchev–Trinajstić information content (AvgIpc) is 2.73. The van der Waals surface area contributed by atoms with Gasteiger partial charge in [0, 0.05) is 15.6 Å². The number of methoxy groups -OCH3 is 1. The van der Waals surface area contributed by atoms with Gasteiger partial charge in [-0.3, -0.25) is 0 Å². The molecule has 94 valence electrons. The lowest BCUT2D eigenvalue weighted by Crippen LogP contribution is -1.95. The van der Waals surface area contributed by atoms with E-state index in [1.807, 2.05) is 37.3 Å². The first-order valence-corrected chi connectivity index (χ1v) is 6.92. The molecule has 1 aromatic heterocycles. The molecule has 0 aliphatic rings. The Morgan fingerprint density at radius 2 is 2.00 bits per heavy atom. The summed E-state index contributed by atoms with van der Waals surface area (Å²) in [5.74, 6) is 0. The molecule has 1 N–H and O–H groups in total. The molecule has 2 nitrogen and oxygen atoms in total. The molecule has 0 aliphatic heterocycles. The molecule has 0 saturated heterocycles. The predicted molar refractivity (Wildman–Crippen MR) is 82.5 cm³/mol. The third-order valence-corrected chi connectivity index (χ3v) is 4.24. The van der Waals surface area contributed by atoms with Crippen LogP contribution >= 0.6 is 35.2 Å². The highest BCUT2D eigenvalue weighted by Gasteiger charge is 2.09. The number of nitrogens with one attached hydrogen (secondary N) is 1. The molecule has 0 amide bonds. The second kappa shape index (κ2) is 5.69. The average molecular weight is 298 g/mol. The van der Waals surface area contributed by atoms with Crippen molar-refractivity contribution < 1.29 is 4.74 Å². The number of thiocarbonyl (C=S) groups is 1. The van der Waals surface area contributed by atoms with E-state index in [0.29, 0.717) is 5.05 Å². The first-order chi connectivity index (χ1) is 8.60. The van der Waals surface area contributed by atoms with Crippen molar-refractivity contribution in [1.29, 1.82) is 0 Å². The Morgan fingerprint density at radius 3 is 2.61 bits per heavy atom. The SMILES string of the molecule is COC(=S)c1cc(Nc2ccc(Cl)cc2)c(C)s1. The molecule has 0 atom stereocenters. The van der Waals surface area contributed by atoms with Crippen LogP contribution in [0.5, 0.6) is 0 Å². The molecule has 1 aromatic carbocycles. The van der Waals surface area contributed by atoms with E-state index in [-0.39, 0.29) is 0 Å². The lowest BCUT2D eigenvalue weighted by Gasteiger charge is -2.05. The molecular weight excluding hydrogens is 286 g/mol. The molecule has 0 saturated carbocycles. The van der Waals surface area contributed by atoms with Crippen LogP contribution in [0.3, 0.4) is 0 Å². The number of hydrogen-bond acceptors (Lipinski definition) is 4. The number of halogens is 1. The summed E-state index contributed by atoms with van der Waals surface area (Å²) in [5, 5.41) is 4.58. The van der Waals surface area contributed by atoms with E-state index >= 15 is 0 Å². The summed E-state index contributed by atoms with van der Waals surface area (Å²) in [6, 6.07) is 9.58. The Morgan fingerprint density at radius 1 is 1.33 bits per heavy atom. The minimum Gasteiger partial charge on any atom is -0.486 e. The number of benzene rings is 1. The van der Waals surface area contributed by atoms with Gasteiger partial charge in [-0.05, 0) is 49.5 Å². The van der Waals surface area contributed by atoms with E-state index in [1.165, 1.54) is 4.88 Å². The number of aryl methyl sites for hydroxylation is 1. The molecule has 0 aliphatic carbocycles. The first kappa shape index (κ1) is 13.3. The number of thiophene rings is 1. The Labute approximate surface area is 121 Å². The van der Waals surface area contributed by atoms with E-state index in [9.17, 15) is 0 Å². The second-order valence-electron chi connectivity index (χ2n) is 3.70. The summed E-state index contributed by atoms with van der Waals surface area (Å²) in [4.78, 5) is 2.13. The van der Waals surface area contributed by atoms with Gasteiger partial charge in [0.05, 0.1) is 17.7 Å². The van der Waals surface area contributed by atoms with Gasteiger partial charge in [0.15, 0.2) is 0 Å². The maximum atomic E-state index is 5.85. The molecule has 0 unspecified atom stereocenters. The highest BCUT2D eigenvalue weighted by atomic mass is 35.5. The van der Waals surface area contributed by atoms with Gasteiger partial charge in [0.25, 0.3) is 0 Å². The first-order valence-electron chi connectivity index (χ1n) is 5.31. The van der Waals surface area contributed by atoms with Crippen LogP contribution < -0.4 is 5.32 Å². The molecule has 2 rings (SSSR count). The number of ether oxygens (including phenoxy) is 1. The van der Waals surface area contributed by atoms with Crippen LogP contribution in [-0.4, -0.2) is 12.2 Å². The number of anilines is 2. The van der Waals surface area contributed by atoms with Gasteiger partial charge in [0.1, 0.15) is 0 Å². The summed E-state index contributed by atoms with van der Waals surface area (Å²) in [7, 11) is 1.59. The van der Waals surface area contributed by atoms with E-state index in [4.69, 9.17) is 28.6 Å². The van der Waals surface area contributed by atoms with Gasteiger partial charge in [-0.2, -0.15) is 0 Å². The van der Waals surface area contributed by atoms with E-state index in [0.717, 1.165) is 21.3 Å². The van der Waals surface area contributed by atoms with Crippen molar-refractivity contribution >= 4 is 51.6 Å². The maximum Gasteiger partial charge on any atom is 0.201 e. The van der Waals surface area contributed by atoms with Crippen molar-refractivity contribution in [2.75, 3.05) is 12.4 Å². The maximum absolute atomic E-state index is 5.85. The number of rotatable bonds is 3. The summed E-state index contributed by atoms with van der Waals surface area (Å²) in [6.45, 7) is 2.05. The Bertz CT molecular complexity index is 563. The van der Waals surface area contributed by atoms with Crippen molar-refractivity contribution in [2.45, 2.75) is 6.92 Å². The Kier molecular flexibility index (Phi) is 4.22. The smallest absolute Gasteiger partial charge is 0.201 e. The molecule has 2 aromatic rings. The minimum absolute atomic E-state index is 0.521. The van der Waals surface area contributed by atoms with Crippen LogP contribution in [0.2, 0.25) is 5.02 Å². The van der Waals surface area contributed by atoms with Gasteiger partial charge in [0.2, 0.25) is 5.05 Å². The van der Waals surface area contributed by atoms with E-state index < -0.39 is 0 Å². The lowest BCUT2D eigenvalue weighted by molar-refractivity contribution is 0.417. The fraction of sp³-hybridized carbons (Fsp3) is 0.154. The third-order valence-electron chi connectivity index (χ3n) is 2.43. The Balaban J connectivity index is 2.21. The fourth-order valence-electron chi connectivity index (χ4n) is 1.50. The van der Waals surface area contributed by atoms with Gasteiger partial charge in [-0.25, -0.2) is 0 Å². The molecule has 0 radical (unpaired) electrons. The van der Waals surface area contributed by atoms with Crippen molar-refractivity contribution in [3.8, 4) is 0 Å². The second-order valence-corrected chi connectivity index (χ2v) is 5.77. The summed E-state index contributed by atoms with van der Waals surface area (Å²) < 4.78 is 5.07. The molecule has 18 heavy (non-hydrogen) atoms. The monoisotopic (exact) mass is 297 g/mol. The quantitative estimate of drug-likeness (QED) is 0.824. The molecule has 0 bridgehead atoms. The molecule has 0 fully saturated rings. The van der Waals surface area contributed by atoms with Gasteiger partial charge < -0.3 is 10.1 Å². The van der Waals surface area contributed by atoms with Crippen LogP contribution in [0.15, 0.2) is 30.3 Å². The summed E-state index contributed by atoms with van der Waals surface area (Å²) >= 11 is 12.6. The lowest BCUT2D eigenvalue weighted by atomic mass is 10.3. The van der Waals surface area contributed by atoms with E-state index in [2.05, 4.69) is 5.32 Å². The predicted octanol–water partition coefficient (Wildman–Crippen LogP) is 4.78. The normalized spacial score (nSPS) is 10.2. The van der Waals surface area contributed by atoms with Crippen LogP contribution in [-0.2, 0) is 4.74 Å².